The third kappa shape index (κ3) is 6.71. The fourth-order valence-corrected chi connectivity index (χ4v) is 5.85. The van der Waals surface area contributed by atoms with Crippen LogP contribution in [0.15, 0.2) is 60.8 Å². The highest BCUT2D eigenvalue weighted by Gasteiger charge is 2.41. The van der Waals surface area contributed by atoms with Crippen LogP contribution in [0.3, 0.4) is 0 Å². The number of aromatic nitrogens is 1. The van der Waals surface area contributed by atoms with Gasteiger partial charge in [-0.15, -0.1) is 0 Å². The molecule has 3 heterocycles. The van der Waals surface area contributed by atoms with E-state index in [1.54, 1.807) is 24.4 Å². The van der Waals surface area contributed by atoms with Gasteiger partial charge in [-0.05, 0) is 89.2 Å². The summed E-state index contributed by atoms with van der Waals surface area (Å²) in [5, 5.41) is 6.46. The van der Waals surface area contributed by atoms with Crippen LogP contribution in [0.4, 0.5) is 17.2 Å². The molecule has 220 valence electrons. The monoisotopic (exact) mass is 570 g/mol. The van der Waals surface area contributed by atoms with Crippen molar-refractivity contribution < 1.29 is 19.1 Å². The second kappa shape index (κ2) is 12.6. The van der Waals surface area contributed by atoms with Crippen molar-refractivity contribution in [2.24, 2.45) is 5.73 Å². The van der Waals surface area contributed by atoms with Crippen LogP contribution < -0.4 is 26.0 Å². The SMILES string of the molecule is CC(=O)c1ccc(N2[C@@H]3CC[C@H]2CC(NC(=O)c2ccc(C(N)=O)c(Nc4cccc(OCCN(C)C)c4)c2)C3)nc1. The molecule has 2 aromatic carbocycles. The summed E-state index contributed by atoms with van der Waals surface area (Å²) < 4.78 is 5.83. The molecule has 1 aromatic heterocycles. The largest absolute Gasteiger partial charge is 0.492 e. The number of rotatable bonds is 11. The molecule has 0 radical (unpaired) electrons. The van der Waals surface area contributed by atoms with Crippen molar-refractivity contribution in [2.45, 2.75) is 50.7 Å². The van der Waals surface area contributed by atoms with Crippen LogP contribution in [-0.2, 0) is 0 Å². The lowest BCUT2D eigenvalue weighted by molar-refractivity contribution is 0.0924. The Bertz CT molecular complexity index is 1440. The Balaban J connectivity index is 1.26. The summed E-state index contributed by atoms with van der Waals surface area (Å²) in [6.07, 6.45) is 5.33. The molecule has 4 N–H and O–H groups in total. The standard InChI is InChI=1S/C32H38N6O4/c1-20(39)22-8-12-30(34-19-22)38-25-9-10-26(38)17-24(16-25)36-32(41)21-7-11-28(31(33)40)29(15-21)35-23-5-4-6-27(18-23)42-14-13-37(2)3/h4-8,11-12,15,18-19,24-26,35H,9-10,13-14,16-17H2,1-3H3,(H2,33,40)(H,36,41)/t24?,25-,26+. The Morgan fingerprint density at radius 1 is 1.02 bits per heavy atom. The molecule has 2 saturated heterocycles. The molecule has 42 heavy (non-hydrogen) atoms. The van der Waals surface area contributed by atoms with Crippen molar-refractivity contribution in [3.63, 3.8) is 0 Å². The van der Waals surface area contributed by atoms with Gasteiger partial charge in [0.25, 0.3) is 11.8 Å². The molecule has 10 heteroatoms. The van der Waals surface area contributed by atoms with Gasteiger partial charge in [0.2, 0.25) is 0 Å². The fourth-order valence-electron chi connectivity index (χ4n) is 5.85. The zero-order chi connectivity index (χ0) is 29.8. The van der Waals surface area contributed by atoms with Crippen LogP contribution in [0.25, 0.3) is 0 Å². The quantitative estimate of drug-likeness (QED) is 0.295. The zero-order valence-electron chi connectivity index (χ0n) is 24.3. The molecule has 0 spiro atoms. The van der Waals surface area contributed by atoms with E-state index >= 15 is 0 Å². The van der Waals surface area contributed by atoms with Crippen molar-refractivity contribution in [3.05, 3.63) is 77.5 Å². The van der Waals surface area contributed by atoms with Crippen molar-refractivity contribution in [1.29, 1.82) is 0 Å². The number of nitrogens with two attached hydrogens (primary N) is 1. The normalized spacial score (nSPS) is 19.4. The number of ether oxygens (including phenoxy) is 1. The highest BCUT2D eigenvalue weighted by molar-refractivity contribution is 6.02. The maximum Gasteiger partial charge on any atom is 0.251 e. The molecule has 0 aliphatic carbocycles. The van der Waals surface area contributed by atoms with Crippen LogP contribution >= 0.6 is 0 Å². The number of fused-ring (bicyclic) bond motifs is 2. The maximum atomic E-state index is 13.4. The smallest absolute Gasteiger partial charge is 0.251 e. The first kappa shape index (κ1) is 29.1. The summed E-state index contributed by atoms with van der Waals surface area (Å²) in [6, 6.07) is 16.6. The summed E-state index contributed by atoms with van der Waals surface area (Å²) in [4.78, 5) is 46.1. The summed E-state index contributed by atoms with van der Waals surface area (Å²) in [6.45, 7) is 2.87. The molecule has 2 bridgehead atoms. The van der Waals surface area contributed by atoms with Gasteiger partial charge in [0.05, 0.1) is 11.3 Å². The van der Waals surface area contributed by atoms with Gasteiger partial charge in [-0.3, -0.25) is 14.4 Å². The van der Waals surface area contributed by atoms with Crippen molar-refractivity contribution in [1.82, 2.24) is 15.2 Å². The van der Waals surface area contributed by atoms with Crippen molar-refractivity contribution >= 4 is 34.8 Å². The van der Waals surface area contributed by atoms with Gasteiger partial charge >= 0.3 is 0 Å². The van der Waals surface area contributed by atoms with Gasteiger partial charge in [-0.1, -0.05) is 6.07 Å². The lowest BCUT2D eigenvalue weighted by Crippen LogP contribution is -2.50. The Labute approximate surface area is 246 Å². The van der Waals surface area contributed by atoms with Crippen LogP contribution in [-0.4, -0.2) is 72.9 Å². The molecule has 2 aliphatic rings. The third-order valence-electron chi connectivity index (χ3n) is 7.95. The lowest BCUT2D eigenvalue weighted by atomic mass is 9.96. The average Bonchev–Trinajstić information content (AvgIpc) is 3.22. The van der Waals surface area contributed by atoms with E-state index in [2.05, 4.69) is 20.5 Å². The average molecular weight is 571 g/mol. The highest BCUT2D eigenvalue weighted by atomic mass is 16.5. The molecule has 3 atom stereocenters. The molecular weight excluding hydrogens is 532 g/mol. The highest BCUT2D eigenvalue weighted by Crippen LogP contribution is 2.38. The lowest BCUT2D eigenvalue weighted by Gasteiger charge is -2.40. The summed E-state index contributed by atoms with van der Waals surface area (Å²) in [5.74, 6) is 0.789. The number of Topliss-reactive ketones (excluding diaryl/α,β-unsaturated/α-hetero) is 1. The Hall–Kier alpha value is -4.44. The molecule has 2 amide bonds. The van der Waals surface area contributed by atoms with E-state index in [-0.39, 0.29) is 29.8 Å². The molecule has 2 aliphatic heterocycles. The minimum absolute atomic E-state index is 0.00110. The Morgan fingerprint density at radius 2 is 1.76 bits per heavy atom. The molecule has 0 saturated carbocycles. The van der Waals surface area contributed by atoms with Gasteiger partial charge in [0.1, 0.15) is 18.2 Å². The van der Waals surface area contributed by atoms with E-state index in [9.17, 15) is 14.4 Å². The number of pyridine rings is 1. The molecule has 5 rings (SSSR count). The summed E-state index contributed by atoms with van der Waals surface area (Å²) in [5.41, 5.74) is 8.16. The summed E-state index contributed by atoms with van der Waals surface area (Å²) >= 11 is 0. The molecule has 2 fully saturated rings. The van der Waals surface area contributed by atoms with E-state index < -0.39 is 5.91 Å². The zero-order valence-corrected chi connectivity index (χ0v) is 24.3. The number of likely N-dealkylation sites (N-methyl/N-ethyl adjacent to an activating group) is 1. The first-order valence-corrected chi connectivity index (χ1v) is 14.3. The minimum atomic E-state index is -0.586. The van der Waals surface area contributed by atoms with Gasteiger partial charge in [-0.25, -0.2) is 4.98 Å². The van der Waals surface area contributed by atoms with E-state index in [4.69, 9.17) is 10.5 Å². The first-order chi connectivity index (χ1) is 20.2. The van der Waals surface area contributed by atoms with Gasteiger partial charge in [0.15, 0.2) is 5.78 Å². The molecule has 10 nitrogen and oxygen atoms in total. The molecular formula is C32H38N6O4. The number of carbonyl (C=O) groups excluding carboxylic acids is 3. The minimum Gasteiger partial charge on any atom is -0.492 e. The number of hydrogen-bond acceptors (Lipinski definition) is 8. The molecule has 3 aromatic rings. The van der Waals surface area contributed by atoms with E-state index in [0.717, 1.165) is 38.0 Å². The maximum absolute atomic E-state index is 13.4. The predicted octanol–water partition coefficient (Wildman–Crippen LogP) is 4.00. The molecule has 1 unspecified atom stereocenters. The number of anilines is 3. The topological polar surface area (TPSA) is 130 Å². The third-order valence-corrected chi connectivity index (χ3v) is 7.95. The number of nitrogens with one attached hydrogen (secondary N) is 2. The number of nitrogens with zero attached hydrogens (tertiary/aromatic N) is 3. The predicted molar refractivity (Wildman–Crippen MR) is 163 cm³/mol. The van der Waals surface area contributed by atoms with Crippen LogP contribution in [0.1, 0.15) is 63.7 Å². The Kier molecular flexibility index (Phi) is 8.72. The first-order valence-electron chi connectivity index (χ1n) is 14.3. The fraction of sp³-hybridized carbons (Fsp3) is 0.375. The van der Waals surface area contributed by atoms with Gasteiger partial charge in [0, 0.05) is 53.7 Å². The second-order valence-corrected chi connectivity index (χ2v) is 11.3. The number of hydrogen-bond donors (Lipinski definition) is 3. The second-order valence-electron chi connectivity index (χ2n) is 11.3. The number of ketones is 1. The van der Waals surface area contributed by atoms with E-state index in [0.29, 0.717) is 40.4 Å². The van der Waals surface area contributed by atoms with Crippen molar-refractivity contribution in [3.8, 4) is 5.75 Å². The Morgan fingerprint density at radius 3 is 2.40 bits per heavy atom. The van der Waals surface area contributed by atoms with Gasteiger partial charge in [-0.2, -0.15) is 0 Å². The van der Waals surface area contributed by atoms with E-state index in [1.165, 1.54) is 6.92 Å². The summed E-state index contributed by atoms with van der Waals surface area (Å²) in [7, 11) is 3.97. The number of amides is 2. The number of carbonyl (C=O) groups is 3. The number of piperidine rings is 1. The van der Waals surface area contributed by atoms with Crippen LogP contribution in [0.5, 0.6) is 5.75 Å². The van der Waals surface area contributed by atoms with Crippen LogP contribution in [0.2, 0.25) is 0 Å². The number of primary amides is 1. The number of benzene rings is 2. The van der Waals surface area contributed by atoms with Crippen LogP contribution in [0, 0.1) is 0 Å². The van der Waals surface area contributed by atoms with E-state index in [1.807, 2.05) is 55.4 Å². The van der Waals surface area contributed by atoms with Gasteiger partial charge < -0.3 is 30.9 Å². The van der Waals surface area contributed by atoms with Crippen molar-refractivity contribution in [2.75, 3.05) is 37.5 Å².